The molecule has 0 saturated carbocycles. The van der Waals surface area contributed by atoms with Gasteiger partial charge in [-0.3, -0.25) is 5.43 Å². The van der Waals surface area contributed by atoms with Crippen molar-refractivity contribution < 1.29 is 4.39 Å². The molecular weight excluding hydrogens is 361 g/mol. The van der Waals surface area contributed by atoms with E-state index in [-0.39, 0.29) is 5.82 Å². The van der Waals surface area contributed by atoms with Gasteiger partial charge in [0.25, 0.3) is 0 Å². The Bertz CT molecular complexity index is 1180. The van der Waals surface area contributed by atoms with E-state index in [0.717, 1.165) is 16.8 Å². The van der Waals surface area contributed by atoms with Crippen LogP contribution in [0.1, 0.15) is 16.7 Å². The molecule has 1 unspecified atom stereocenters. The number of nitriles is 1. The molecule has 130 valence electrons. The lowest BCUT2D eigenvalue weighted by Gasteiger charge is -2.21. The lowest BCUT2D eigenvalue weighted by atomic mass is 10.0. The molecule has 0 radical (unpaired) electrons. The van der Waals surface area contributed by atoms with Crippen LogP contribution in [0.15, 0.2) is 74.2 Å². The van der Waals surface area contributed by atoms with Crippen molar-refractivity contribution in [2.75, 3.05) is 0 Å². The molecule has 3 aliphatic rings. The minimum atomic E-state index is -1.23. The van der Waals surface area contributed by atoms with Gasteiger partial charge in [-0.15, -0.1) is 5.11 Å². The lowest BCUT2D eigenvalue weighted by Crippen LogP contribution is -2.10. The summed E-state index contributed by atoms with van der Waals surface area (Å²) in [6.45, 7) is 0. The number of aromatic nitrogens is 1. The zero-order chi connectivity index (χ0) is 18.4. The number of benzene rings is 1. The molecule has 0 spiro atoms. The number of thiol groups is 1. The first-order valence-electron chi connectivity index (χ1n) is 8.23. The van der Waals surface area contributed by atoms with Crippen LogP contribution in [0.3, 0.4) is 0 Å². The molecule has 5 nitrogen and oxygen atoms in total. The molecule has 0 fully saturated rings. The molecule has 2 aromatic rings. The first-order valence-corrected chi connectivity index (χ1v) is 9.64. The van der Waals surface area contributed by atoms with Gasteiger partial charge in [-0.1, -0.05) is 41.7 Å². The third-order valence-electron chi connectivity index (χ3n) is 4.51. The Morgan fingerprint density at radius 3 is 3.00 bits per heavy atom. The third kappa shape index (κ3) is 2.42. The van der Waals surface area contributed by atoms with Crippen LogP contribution in [0.25, 0.3) is 17.3 Å². The van der Waals surface area contributed by atoms with E-state index in [2.05, 4.69) is 26.8 Å². The highest BCUT2D eigenvalue weighted by molar-refractivity contribution is 8.20. The topological polar surface area (TPSA) is 73.4 Å². The zero-order valence-corrected chi connectivity index (χ0v) is 14.8. The molecule has 7 heteroatoms. The summed E-state index contributed by atoms with van der Waals surface area (Å²) in [5.74, 6) is 0.177. The van der Waals surface area contributed by atoms with E-state index < -0.39 is 10.9 Å². The smallest absolute Gasteiger partial charge is 0.187 e. The van der Waals surface area contributed by atoms with Crippen molar-refractivity contribution in [2.45, 2.75) is 9.92 Å². The molecule has 0 bridgehead atoms. The second kappa shape index (κ2) is 6.04. The normalized spacial score (nSPS) is 19.8. The summed E-state index contributed by atoms with van der Waals surface area (Å²) < 4.78 is 14.6. The molecule has 1 aliphatic carbocycles. The number of nitrogens with zero attached hydrogens (tertiary/aromatic N) is 4. The Morgan fingerprint density at radius 1 is 1.19 bits per heavy atom. The maximum atomic E-state index is 14.6. The fourth-order valence-corrected chi connectivity index (χ4v) is 5.51. The van der Waals surface area contributed by atoms with Crippen LogP contribution >= 0.6 is 10.9 Å². The fraction of sp³-hybridized carbons (Fsp3) is 0. The number of nitrogens with one attached hydrogen (secondary N) is 1. The average molecular weight is 373 g/mol. The molecule has 1 atom stereocenters. The number of fused-ring (bicyclic) bond motifs is 1. The molecule has 1 aromatic heterocycles. The van der Waals surface area contributed by atoms with Gasteiger partial charge in [0, 0.05) is 10.5 Å². The second-order valence-corrected chi connectivity index (χ2v) is 7.97. The van der Waals surface area contributed by atoms with E-state index in [1.807, 2.05) is 41.9 Å². The molecule has 3 heterocycles. The van der Waals surface area contributed by atoms with Gasteiger partial charge in [0.2, 0.25) is 0 Å². The van der Waals surface area contributed by atoms with Gasteiger partial charge in [-0.2, -0.15) is 16.2 Å². The van der Waals surface area contributed by atoms with Gasteiger partial charge in [0.1, 0.15) is 11.9 Å². The third-order valence-corrected chi connectivity index (χ3v) is 6.68. The van der Waals surface area contributed by atoms with Crippen molar-refractivity contribution in [3.8, 4) is 6.07 Å². The number of allylic oxidation sites excluding steroid dienone is 5. The summed E-state index contributed by atoms with van der Waals surface area (Å²) in [4.78, 5) is 5.22. The predicted octanol–water partition coefficient (Wildman–Crippen LogP) is 5.04. The molecule has 0 amide bonds. The van der Waals surface area contributed by atoms with E-state index in [0.29, 0.717) is 26.9 Å². The predicted molar refractivity (Wildman–Crippen MR) is 104 cm³/mol. The molecule has 2 aliphatic heterocycles. The van der Waals surface area contributed by atoms with Gasteiger partial charge >= 0.3 is 0 Å². The highest BCUT2D eigenvalue weighted by Crippen LogP contribution is 2.56. The largest absolute Gasteiger partial charge is 0.259 e. The minimum absolute atomic E-state index is 0.315. The second-order valence-electron chi connectivity index (χ2n) is 6.07. The molecule has 1 N–H and O–H groups in total. The van der Waals surface area contributed by atoms with Crippen molar-refractivity contribution in [3.63, 3.8) is 0 Å². The highest BCUT2D eigenvalue weighted by Gasteiger charge is 2.28. The van der Waals surface area contributed by atoms with Gasteiger partial charge in [-0.05, 0) is 29.2 Å². The number of halogens is 1. The monoisotopic (exact) mass is 373 g/mol. The fourth-order valence-electron chi connectivity index (χ4n) is 3.33. The summed E-state index contributed by atoms with van der Waals surface area (Å²) in [5.41, 5.74) is 6.64. The van der Waals surface area contributed by atoms with Crippen LogP contribution < -0.4 is 5.43 Å². The van der Waals surface area contributed by atoms with Crippen molar-refractivity contribution >= 4 is 34.1 Å². The first-order chi connectivity index (χ1) is 13.3. The quantitative estimate of drug-likeness (QED) is 0.688. The molecule has 5 rings (SSSR count). The molecule has 27 heavy (non-hydrogen) atoms. The van der Waals surface area contributed by atoms with Crippen LogP contribution in [-0.4, -0.2) is 4.98 Å². The van der Waals surface area contributed by atoms with Gasteiger partial charge in [-0.25, -0.2) is 9.37 Å². The number of hydrogen-bond donors (Lipinski definition) is 2. The van der Waals surface area contributed by atoms with E-state index >= 15 is 0 Å². The van der Waals surface area contributed by atoms with Gasteiger partial charge in [0.15, 0.2) is 5.82 Å². The van der Waals surface area contributed by atoms with Gasteiger partial charge in [0.05, 0.1) is 21.9 Å². The summed E-state index contributed by atoms with van der Waals surface area (Å²) in [6, 6.07) is 8.95. The van der Waals surface area contributed by atoms with Crippen LogP contribution in [0, 0.1) is 17.1 Å². The van der Waals surface area contributed by atoms with Crippen LogP contribution in [0.5, 0.6) is 0 Å². The average Bonchev–Trinajstić information content (AvgIpc) is 3.05. The van der Waals surface area contributed by atoms with E-state index in [1.165, 1.54) is 6.07 Å². The van der Waals surface area contributed by atoms with Crippen molar-refractivity contribution in [1.29, 1.82) is 5.26 Å². The first kappa shape index (κ1) is 15.7. The number of pyridine rings is 1. The lowest BCUT2D eigenvalue weighted by molar-refractivity contribution is 0.601. The van der Waals surface area contributed by atoms with Crippen LogP contribution in [0.4, 0.5) is 10.2 Å². The van der Waals surface area contributed by atoms with Crippen LogP contribution in [0.2, 0.25) is 0 Å². The van der Waals surface area contributed by atoms with Crippen LogP contribution in [-0.2, 0) is 0 Å². The number of rotatable bonds is 1. The Balaban J connectivity index is 1.74. The van der Waals surface area contributed by atoms with E-state index in [4.69, 9.17) is 0 Å². The maximum absolute atomic E-state index is 14.6. The van der Waals surface area contributed by atoms with Gasteiger partial charge < -0.3 is 0 Å². The SMILES string of the molecule is N#CC1=C[SH](c2cc3c4c(n2)N=NNC4=CC=CC=C3)c2c(F)cccc21. The van der Waals surface area contributed by atoms with E-state index in [9.17, 15) is 9.65 Å². The summed E-state index contributed by atoms with van der Waals surface area (Å²) in [5, 5.41) is 20.1. The Labute approximate surface area is 157 Å². The van der Waals surface area contributed by atoms with Crippen molar-refractivity contribution in [1.82, 2.24) is 10.4 Å². The summed E-state index contributed by atoms with van der Waals surface area (Å²) in [6.07, 6.45) is 9.65. The molecule has 0 saturated heterocycles. The Kier molecular flexibility index (Phi) is 3.52. The summed E-state index contributed by atoms with van der Waals surface area (Å²) in [7, 11) is -1.23. The van der Waals surface area contributed by atoms with Crippen molar-refractivity contribution in [3.05, 3.63) is 76.5 Å². The minimum Gasteiger partial charge on any atom is -0.259 e. The highest BCUT2D eigenvalue weighted by atomic mass is 32.2. The zero-order valence-electron chi connectivity index (χ0n) is 13.9. The maximum Gasteiger partial charge on any atom is 0.187 e. The molecule has 1 aromatic carbocycles. The number of hydrogen-bond acceptors (Lipinski definition) is 5. The molecular formula is C20H12FN5S. The Hall–Kier alpha value is -3.50. The Morgan fingerprint density at radius 2 is 2.11 bits per heavy atom. The van der Waals surface area contributed by atoms with E-state index in [1.54, 1.807) is 12.1 Å². The standard InChI is InChI=1S/C20H12FN5S/c21-15-7-4-6-14-13(10-22)11-27(19(14)15)17-9-12-5-2-1-3-8-16-18(12)20(23-17)25-26-24-16/h1-9,11,27H,(H,23,24,25). The summed E-state index contributed by atoms with van der Waals surface area (Å²) >= 11 is 0. The van der Waals surface area contributed by atoms with Crippen molar-refractivity contribution in [2.24, 2.45) is 10.3 Å².